The van der Waals surface area contributed by atoms with Gasteiger partial charge in [0.1, 0.15) is 5.82 Å². The Hall–Kier alpha value is -1.53. The van der Waals surface area contributed by atoms with Gasteiger partial charge in [-0.25, -0.2) is 4.39 Å². The number of hydrogen-bond acceptors (Lipinski definition) is 3. The Bertz CT molecular complexity index is 656. The van der Waals surface area contributed by atoms with Crippen molar-refractivity contribution in [1.29, 1.82) is 0 Å². The lowest BCUT2D eigenvalue weighted by atomic mass is 10.1. The van der Waals surface area contributed by atoms with Gasteiger partial charge in [0, 0.05) is 36.7 Å². The first kappa shape index (κ1) is 18.8. The van der Waals surface area contributed by atoms with Gasteiger partial charge in [-0.15, -0.1) is 11.3 Å². The van der Waals surface area contributed by atoms with E-state index >= 15 is 0 Å². The van der Waals surface area contributed by atoms with Crippen LogP contribution in [0.1, 0.15) is 28.8 Å². The molecule has 0 aliphatic heterocycles. The van der Waals surface area contributed by atoms with E-state index in [2.05, 4.69) is 40.1 Å². The molecule has 24 heavy (non-hydrogen) atoms. The third-order valence-electron chi connectivity index (χ3n) is 3.74. The largest absolute Gasteiger partial charge is 0.356 e. The molecule has 0 fully saturated rings. The number of benzene rings is 1. The van der Waals surface area contributed by atoms with Crippen LogP contribution in [0.15, 0.2) is 40.7 Å². The molecule has 0 spiro atoms. The Balaban J connectivity index is 1.90. The van der Waals surface area contributed by atoms with Gasteiger partial charge >= 0.3 is 0 Å². The second-order valence-electron chi connectivity index (χ2n) is 5.57. The van der Waals surface area contributed by atoms with E-state index in [-0.39, 0.29) is 5.82 Å². The van der Waals surface area contributed by atoms with E-state index in [0.717, 1.165) is 29.4 Å². The van der Waals surface area contributed by atoms with Crippen LogP contribution in [0.4, 0.5) is 4.39 Å². The number of guanidine groups is 1. The predicted octanol–water partition coefficient (Wildman–Crippen LogP) is 4.22. The molecule has 1 aromatic carbocycles. The van der Waals surface area contributed by atoms with E-state index in [4.69, 9.17) is 0 Å². The van der Waals surface area contributed by atoms with Gasteiger partial charge < -0.3 is 10.6 Å². The van der Waals surface area contributed by atoms with Crippen LogP contribution in [0.3, 0.4) is 0 Å². The van der Waals surface area contributed by atoms with Crippen molar-refractivity contribution in [3.05, 3.63) is 57.5 Å². The fourth-order valence-electron chi connectivity index (χ4n) is 2.38. The summed E-state index contributed by atoms with van der Waals surface area (Å²) in [4.78, 5) is 5.63. The van der Waals surface area contributed by atoms with Crippen LogP contribution in [0.2, 0.25) is 0 Å². The van der Waals surface area contributed by atoms with Crippen LogP contribution in [0.25, 0.3) is 0 Å². The van der Waals surface area contributed by atoms with Gasteiger partial charge in [0.2, 0.25) is 0 Å². The van der Waals surface area contributed by atoms with Crippen molar-refractivity contribution < 1.29 is 4.39 Å². The molecule has 3 nitrogen and oxygen atoms in total. The Morgan fingerprint density at radius 3 is 2.79 bits per heavy atom. The standard InChI is InChI=1S/C18H24FN3S2/c1-13(17-5-4-8-24-17)10-21-18(20-2)22-11-14-6-7-16(19)9-15(14)12-23-3/h4-9,13H,10-12H2,1-3H3,(H2,20,21,22). The second kappa shape index (κ2) is 9.69. The van der Waals surface area contributed by atoms with Crippen molar-refractivity contribution in [2.45, 2.75) is 25.1 Å². The van der Waals surface area contributed by atoms with Crippen LogP contribution in [-0.2, 0) is 12.3 Å². The topological polar surface area (TPSA) is 36.4 Å². The molecule has 2 rings (SSSR count). The molecule has 1 atom stereocenters. The number of halogens is 1. The van der Waals surface area contributed by atoms with Crippen LogP contribution in [0.5, 0.6) is 0 Å². The summed E-state index contributed by atoms with van der Waals surface area (Å²) in [5.41, 5.74) is 2.12. The lowest BCUT2D eigenvalue weighted by Crippen LogP contribution is -2.38. The van der Waals surface area contributed by atoms with E-state index in [0.29, 0.717) is 12.5 Å². The number of hydrogen-bond donors (Lipinski definition) is 2. The van der Waals surface area contributed by atoms with Gasteiger partial charge in [-0.05, 0) is 41.0 Å². The Morgan fingerprint density at radius 1 is 1.29 bits per heavy atom. The molecule has 0 saturated heterocycles. The smallest absolute Gasteiger partial charge is 0.191 e. The first-order valence-corrected chi connectivity index (χ1v) is 10.2. The highest BCUT2D eigenvalue weighted by atomic mass is 32.2. The van der Waals surface area contributed by atoms with Crippen molar-refractivity contribution >= 4 is 29.1 Å². The summed E-state index contributed by atoms with van der Waals surface area (Å²) in [5, 5.41) is 8.77. The van der Waals surface area contributed by atoms with Crippen molar-refractivity contribution in [1.82, 2.24) is 10.6 Å². The number of nitrogens with one attached hydrogen (secondary N) is 2. The molecule has 0 saturated carbocycles. The van der Waals surface area contributed by atoms with Gasteiger partial charge in [0.15, 0.2) is 5.96 Å². The molecule has 0 radical (unpaired) electrons. The highest BCUT2D eigenvalue weighted by molar-refractivity contribution is 7.97. The van der Waals surface area contributed by atoms with E-state index in [1.54, 1.807) is 36.2 Å². The fourth-order valence-corrected chi connectivity index (χ4v) is 3.75. The summed E-state index contributed by atoms with van der Waals surface area (Å²) in [5.74, 6) is 1.81. The quantitative estimate of drug-likeness (QED) is 0.570. The number of aliphatic imine (C=N–C) groups is 1. The minimum atomic E-state index is -0.185. The van der Waals surface area contributed by atoms with E-state index in [9.17, 15) is 4.39 Å². The third kappa shape index (κ3) is 5.53. The zero-order valence-corrected chi connectivity index (χ0v) is 15.9. The van der Waals surface area contributed by atoms with Crippen LogP contribution >= 0.6 is 23.1 Å². The molecule has 0 aliphatic rings. The minimum Gasteiger partial charge on any atom is -0.356 e. The second-order valence-corrected chi connectivity index (χ2v) is 7.41. The SMILES string of the molecule is CN=C(NCc1ccc(F)cc1CSC)NCC(C)c1cccs1. The molecule has 1 unspecified atom stereocenters. The maximum Gasteiger partial charge on any atom is 0.191 e. The molecule has 1 aromatic heterocycles. The lowest BCUT2D eigenvalue weighted by molar-refractivity contribution is 0.625. The zero-order chi connectivity index (χ0) is 17.4. The lowest BCUT2D eigenvalue weighted by Gasteiger charge is -2.16. The molecular weight excluding hydrogens is 341 g/mol. The maximum absolute atomic E-state index is 13.4. The molecule has 0 bridgehead atoms. The van der Waals surface area contributed by atoms with E-state index < -0.39 is 0 Å². The zero-order valence-electron chi connectivity index (χ0n) is 14.3. The highest BCUT2D eigenvalue weighted by Gasteiger charge is 2.09. The van der Waals surface area contributed by atoms with Gasteiger partial charge in [-0.1, -0.05) is 19.1 Å². The predicted molar refractivity (Wildman–Crippen MR) is 105 cm³/mol. The first-order chi connectivity index (χ1) is 11.6. The molecule has 2 aromatic rings. The summed E-state index contributed by atoms with van der Waals surface area (Å²) >= 11 is 3.46. The number of rotatable bonds is 7. The van der Waals surface area contributed by atoms with Crippen molar-refractivity contribution in [3.63, 3.8) is 0 Å². The Kier molecular flexibility index (Phi) is 7.59. The van der Waals surface area contributed by atoms with Gasteiger partial charge in [-0.3, -0.25) is 4.99 Å². The summed E-state index contributed by atoms with van der Waals surface area (Å²) in [6.45, 7) is 3.65. The Labute approximate surface area is 151 Å². The summed E-state index contributed by atoms with van der Waals surface area (Å²) in [7, 11) is 1.76. The fraction of sp³-hybridized carbons (Fsp3) is 0.389. The average Bonchev–Trinajstić information content (AvgIpc) is 3.11. The third-order valence-corrected chi connectivity index (χ3v) is 5.45. The van der Waals surface area contributed by atoms with Crippen LogP contribution in [0, 0.1) is 5.82 Å². The van der Waals surface area contributed by atoms with Gasteiger partial charge in [-0.2, -0.15) is 11.8 Å². The maximum atomic E-state index is 13.4. The molecule has 0 amide bonds. The van der Waals surface area contributed by atoms with Crippen molar-refractivity contribution in [3.8, 4) is 0 Å². The normalized spacial score (nSPS) is 12.9. The number of thioether (sulfide) groups is 1. The van der Waals surface area contributed by atoms with Crippen molar-refractivity contribution in [2.75, 3.05) is 19.8 Å². The Morgan fingerprint density at radius 2 is 2.12 bits per heavy atom. The number of nitrogens with zero attached hydrogens (tertiary/aromatic N) is 1. The van der Waals surface area contributed by atoms with Crippen LogP contribution < -0.4 is 10.6 Å². The monoisotopic (exact) mass is 365 g/mol. The van der Waals surface area contributed by atoms with Gasteiger partial charge in [0.05, 0.1) is 0 Å². The van der Waals surface area contributed by atoms with Crippen LogP contribution in [-0.4, -0.2) is 25.8 Å². The number of thiophene rings is 1. The van der Waals surface area contributed by atoms with E-state index in [1.165, 1.54) is 10.9 Å². The van der Waals surface area contributed by atoms with E-state index in [1.807, 2.05) is 12.3 Å². The van der Waals surface area contributed by atoms with Gasteiger partial charge in [0.25, 0.3) is 0 Å². The molecule has 6 heteroatoms. The minimum absolute atomic E-state index is 0.185. The highest BCUT2D eigenvalue weighted by Crippen LogP contribution is 2.19. The van der Waals surface area contributed by atoms with Crippen molar-refractivity contribution in [2.24, 2.45) is 4.99 Å². The summed E-state index contributed by atoms with van der Waals surface area (Å²) < 4.78 is 13.4. The molecular formula is C18H24FN3S2. The molecule has 2 N–H and O–H groups in total. The summed E-state index contributed by atoms with van der Waals surface area (Å²) in [6, 6.07) is 9.19. The average molecular weight is 366 g/mol. The molecule has 0 aliphatic carbocycles. The first-order valence-electron chi connectivity index (χ1n) is 7.88. The molecule has 1 heterocycles. The molecule has 130 valence electrons. The summed E-state index contributed by atoms with van der Waals surface area (Å²) in [6.07, 6.45) is 2.02.